The normalized spacial score (nSPS) is 22.1. The Morgan fingerprint density at radius 2 is 2.29 bits per heavy atom. The van der Waals surface area contributed by atoms with Crippen LogP contribution < -0.4 is 5.32 Å². The Morgan fingerprint density at radius 3 is 2.93 bits per heavy atom. The highest BCUT2D eigenvalue weighted by Gasteiger charge is 2.16. The Kier molecular flexibility index (Phi) is 6.65. The highest BCUT2D eigenvalue weighted by atomic mass is 32.2. The summed E-state index contributed by atoms with van der Waals surface area (Å²) in [5, 5.41) is 3.44. The molecule has 0 aliphatic carbocycles. The van der Waals surface area contributed by atoms with E-state index in [1.54, 1.807) is 0 Å². The summed E-state index contributed by atoms with van der Waals surface area (Å²) in [6.07, 6.45) is 2.67. The molecule has 1 heterocycles. The average molecular weight is 216 g/mol. The molecule has 0 amide bonds. The van der Waals surface area contributed by atoms with Crippen molar-refractivity contribution in [1.82, 2.24) is 10.2 Å². The van der Waals surface area contributed by atoms with Gasteiger partial charge in [-0.15, -0.1) is 0 Å². The molecule has 1 atom stereocenters. The zero-order chi connectivity index (χ0) is 10.2. The second-order valence-electron chi connectivity index (χ2n) is 4.24. The minimum atomic E-state index is 0.955. The van der Waals surface area contributed by atoms with Crippen molar-refractivity contribution in [2.75, 3.05) is 44.7 Å². The summed E-state index contributed by atoms with van der Waals surface area (Å²) in [4.78, 5) is 2.47. The first kappa shape index (κ1) is 12.3. The lowest BCUT2D eigenvalue weighted by Gasteiger charge is -2.20. The van der Waals surface area contributed by atoms with E-state index in [0.717, 1.165) is 19.0 Å². The van der Waals surface area contributed by atoms with E-state index < -0.39 is 0 Å². The summed E-state index contributed by atoms with van der Waals surface area (Å²) in [5.74, 6) is 3.72. The van der Waals surface area contributed by atoms with Gasteiger partial charge < -0.3 is 10.2 Å². The monoisotopic (exact) mass is 216 g/mol. The molecule has 14 heavy (non-hydrogen) atoms. The van der Waals surface area contributed by atoms with Crippen LogP contribution in [0.25, 0.3) is 0 Å². The summed E-state index contributed by atoms with van der Waals surface area (Å²) in [6.45, 7) is 7.01. The third-order valence-electron chi connectivity index (χ3n) is 2.69. The number of likely N-dealkylation sites (N-methyl/N-ethyl adjacent to an activating group) is 1. The van der Waals surface area contributed by atoms with E-state index in [1.807, 2.05) is 0 Å². The highest BCUT2D eigenvalue weighted by Crippen LogP contribution is 2.23. The SMILES string of the molecule is CCCNCCN(C)CC1CCSC1. The van der Waals surface area contributed by atoms with Crippen LogP contribution in [0.4, 0.5) is 0 Å². The van der Waals surface area contributed by atoms with Crippen molar-refractivity contribution in [3.05, 3.63) is 0 Å². The van der Waals surface area contributed by atoms with Gasteiger partial charge in [-0.3, -0.25) is 0 Å². The molecule has 3 heteroatoms. The summed E-state index contributed by atoms with van der Waals surface area (Å²) in [5.41, 5.74) is 0. The van der Waals surface area contributed by atoms with E-state index in [9.17, 15) is 0 Å². The van der Waals surface area contributed by atoms with Gasteiger partial charge in [-0.1, -0.05) is 6.92 Å². The molecule has 1 rings (SSSR count). The van der Waals surface area contributed by atoms with Crippen molar-refractivity contribution in [2.24, 2.45) is 5.92 Å². The smallest absolute Gasteiger partial charge is 0.0104 e. The Balaban J connectivity index is 1.95. The number of thioether (sulfide) groups is 1. The molecule has 0 saturated carbocycles. The topological polar surface area (TPSA) is 15.3 Å². The van der Waals surface area contributed by atoms with E-state index in [0.29, 0.717) is 0 Å². The minimum Gasteiger partial charge on any atom is -0.315 e. The molecule has 1 aliphatic rings. The van der Waals surface area contributed by atoms with Gasteiger partial charge in [0, 0.05) is 19.6 Å². The van der Waals surface area contributed by atoms with Crippen LogP contribution >= 0.6 is 11.8 Å². The molecule has 0 aromatic heterocycles. The Morgan fingerprint density at radius 1 is 1.43 bits per heavy atom. The van der Waals surface area contributed by atoms with Gasteiger partial charge in [0.25, 0.3) is 0 Å². The predicted octanol–water partition coefficient (Wildman–Crippen LogP) is 1.67. The van der Waals surface area contributed by atoms with Crippen molar-refractivity contribution in [3.8, 4) is 0 Å². The Labute approximate surface area is 92.8 Å². The second kappa shape index (κ2) is 7.55. The van der Waals surface area contributed by atoms with Gasteiger partial charge in [0.05, 0.1) is 0 Å². The van der Waals surface area contributed by atoms with Gasteiger partial charge in [-0.2, -0.15) is 11.8 Å². The predicted molar refractivity (Wildman–Crippen MR) is 66.1 cm³/mol. The summed E-state index contributed by atoms with van der Waals surface area (Å²) in [7, 11) is 2.25. The van der Waals surface area contributed by atoms with Crippen LogP contribution in [-0.2, 0) is 0 Å². The Bertz CT molecular complexity index is 135. The summed E-state index contributed by atoms with van der Waals surface area (Å²) >= 11 is 2.11. The van der Waals surface area contributed by atoms with E-state index in [-0.39, 0.29) is 0 Å². The van der Waals surface area contributed by atoms with Gasteiger partial charge in [0.1, 0.15) is 0 Å². The van der Waals surface area contributed by atoms with Gasteiger partial charge in [-0.25, -0.2) is 0 Å². The van der Waals surface area contributed by atoms with E-state index >= 15 is 0 Å². The van der Waals surface area contributed by atoms with Crippen molar-refractivity contribution in [2.45, 2.75) is 19.8 Å². The van der Waals surface area contributed by atoms with E-state index in [2.05, 4.69) is 35.9 Å². The van der Waals surface area contributed by atoms with Crippen molar-refractivity contribution in [3.63, 3.8) is 0 Å². The molecule has 1 aliphatic heterocycles. The molecule has 0 bridgehead atoms. The number of rotatable bonds is 7. The maximum absolute atomic E-state index is 3.44. The van der Waals surface area contributed by atoms with Crippen LogP contribution in [0.1, 0.15) is 19.8 Å². The van der Waals surface area contributed by atoms with Crippen LogP contribution in [0, 0.1) is 5.92 Å². The first-order valence-electron chi connectivity index (χ1n) is 5.80. The fourth-order valence-corrected chi connectivity index (χ4v) is 3.10. The van der Waals surface area contributed by atoms with Crippen molar-refractivity contribution >= 4 is 11.8 Å². The molecule has 1 saturated heterocycles. The third kappa shape index (κ3) is 5.23. The molecule has 1 fully saturated rings. The van der Waals surface area contributed by atoms with Crippen LogP contribution in [0.5, 0.6) is 0 Å². The maximum atomic E-state index is 3.44. The number of hydrogen-bond donors (Lipinski definition) is 1. The lowest BCUT2D eigenvalue weighted by Crippen LogP contribution is -2.33. The molecule has 0 spiro atoms. The second-order valence-corrected chi connectivity index (χ2v) is 5.39. The summed E-state index contributed by atoms with van der Waals surface area (Å²) < 4.78 is 0. The number of hydrogen-bond acceptors (Lipinski definition) is 3. The molecule has 0 radical (unpaired) electrons. The zero-order valence-electron chi connectivity index (χ0n) is 9.59. The molecule has 2 nitrogen and oxygen atoms in total. The van der Waals surface area contributed by atoms with E-state index in [4.69, 9.17) is 0 Å². The molecule has 84 valence electrons. The average Bonchev–Trinajstić information content (AvgIpc) is 2.65. The molecule has 0 aromatic carbocycles. The van der Waals surface area contributed by atoms with Crippen molar-refractivity contribution in [1.29, 1.82) is 0 Å². The molecular weight excluding hydrogens is 192 g/mol. The first-order valence-corrected chi connectivity index (χ1v) is 6.95. The van der Waals surface area contributed by atoms with Gasteiger partial charge in [0.2, 0.25) is 0 Å². The fraction of sp³-hybridized carbons (Fsp3) is 1.00. The number of nitrogens with one attached hydrogen (secondary N) is 1. The van der Waals surface area contributed by atoms with Gasteiger partial charge in [0.15, 0.2) is 0 Å². The third-order valence-corrected chi connectivity index (χ3v) is 3.92. The first-order chi connectivity index (χ1) is 6.83. The van der Waals surface area contributed by atoms with Gasteiger partial charge in [-0.05, 0) is 43.9 Å². The lowest BCUT2D eigenvalue weighted by atomic mass is 10.1. The quantitative estimate of drug-likeness (QED) is 0.652. The van der Waals surface area contributed by atoms with Crippen LogP contribution in [0.15, 0.2) is 0 Å². The van der Waals surface area contributed by atoms with Crippen LogP contribution in [0.2, 0.25) is 0 Å². The minimum absolute atomic E-state index is 0.955. The Hall–Kier alpha value is 0.270. The van der Waals surface area contributed by atoms with Gasteiger partial charge >= 0.3 is 0 Å². The lowest BCUT2D eigenvalue weighted by molar-refractivity contribution is 0.288. The van der Waals surface area contributed by atoms with Crippen LogP contribution in [0.3, 0.4) is 0 Å². The fourth-order valence-electron chi connectivity index (χ4n) is 1.83. The highest BCUT2D eigenvalue weighted by molar-refractivity contribution is 7.99. The maximum Gasteiger partial charge on any atom is 0.0104 e. The molecule has 1 unspecified atom stereocenters. The van der Waals surface area contributed by atoms with Crippen LogP contribution in [-0.4, -0.2) is 49.6 Å². The van der Waals surface area contributed by atoms with E-state index in [1.165, 1.54) is 37.4 Å². The standard InChI is InChI=1S/C11H24N2S/c1-3-5-12-6-7-13(2)9-11-4-8-14-10-11/h11-12H,3-10H2,1-2H3. The van der Waals surface area contributed by atoms with Crippen molar-refractivity contribution < 1.29 is 0 Å². The largest absolute Gasteiger partial charge is 0.315 e. The zero-order valence-corrected chi connectivity index (χ0v) is 10.4. The number of nitrogens with zero attached hydrogens (tertiary/aromatic N) is 1. The molecule has 1 N–H and O–H groups in total. The molecular formula is C11H24N2S. The molecule has 0 aromatic rings. The summed E-state index contributed by atoms with van der Waals surface area (Å²) in [6, 6.07) is 0.